The summed E-state index contributed by atoms with van der Waals surface area (Å²) in [7, 11) is 1.22. The molecule has 1 aromatic carbocycles. The Morgan fingerprint density at radius 2 is 1.96 bits per heavy atom. The molecule has 0 aliphatic rings. The van der Waals surface area contributed by atoms with Gasteiger partial charge in [0.2, 0.25) is 0 Å². The summed E-state index contributed by atoms with van der Waals surface area (Å²) in [4.78, 5) is 28.7. The van der Waals surface area contributed by atoms with Crippen molar-refractivity contribution in [2.24, 2.45) is 0 Å². The van der Waals surface area contributed by atoms with Crippen LogP contribution >= 0.6 is 0 Å². The van der Waals surface area contributed by atoms with Crippen molar-refractivity contribution >= 4 is 22.5 Å². The third kappa shape index (κ3) is 2.70. The zero-order valence-electron chi connectivity index (χ0n) is 14.3. The van der Waals surface area contributed by atoms with E-state index in [1.807, 2.05) is 0 Å². The highest BCUT2D eigenvalue weighted by molar-refractivity contribution is 5.96. The number of aromatic nitrogens is 4. The zero-order chi connectivity index (χ0) is 20.1. The average Bonchev–Trinajstić information content (AvgIpc) is 3.11. The van der Waals surface area contributed by atoms with Gasteiger partial charge >= 0.3 is 12.1 Å². The van der Waals surface area contributed by atoms with Gasteiger partial charge in [0, 0.05) is 18.1 Å². The maximum atomic E-state index is 13.0. The fraction of sp³-hybridized carbons (Fsp3) is 0.111. The van der Waals surface area contributed by atoms with Gasteiger partial charge in [-0.2, -0.15) is 18.3 Å². The highest BCUT2D eigenvalue weighted by atomic mass is 19.4. The number of halogens is 3. The fourth-order valence-electron chi connectivity index (χ4n) is 2.91. The third-order valence-corrected chi connectivity index (χ3v) is 4.25. The van der Waals surface area contributed by atoms with Crippen LogP contribution in [-0.4, -0.2) is 32.2 Å². The normalized spacial score (nSPS) is 11.9. The van der Waals surface area contributed by atoms with Gasteiger partial charge in [-0.25, -0.2) is 14.3 Å². The molecule has 7 nitrogen and oxygen atoms in total. The van der Waals surface area contributed by atoms with Crippen LogP contribution in [0.3, 0.4) is 0 Å². The first-order chi connectivity index (χ1) is 13.3. The van der Waals surface area contributed by atoms with Gasteiger partial charge in [0.1, 0.15) is 5.56 Å². The van der Waals surface area contributed by atoms with Crippen molar-refractivity contribution < 1.29 is 22.7 Å². The quantitative estimate of drug-likeness (QED) is 0.494. The summed E-state index contributed by atoms with van der Waals surface area (Å²) in [5.41, 5.74) is -0.672. The van der Waals surface area contributed by atoms with Crippen molar-refractivity contribution in [1.29, 1.82) is 0 Å². The average molecular weight is 388 g/mol. The van der Waals surface area contributed by atoms with Crippen molar-refractivity contribution in [2.45, 2.75) is 6.18 Å². The van der Waals surface area contributed by atoms with E-state index in [-0.39, 0.29) is 22.3 Å². The molecule has 142 valence electrons. The number of fused-ring (bicyclic) bond motifs is 3. The van der Waals surface area contributed by atoms with E-state index in [2.05, 4.69) is 14.8 Å². The molecule has 0 radical (unpaired) electrons. The summed E-state index contributed by atoms with van der Waals surface area (Å²) in [6.07, 6.45) is -0.653. The minimum atomic E-state index is -4.52. The predicted octanol–water partition coefficient (Wildman–Crippen LogP) is 2.84. The number of esters is 1. The molecule has 0 bridgehead atoms. The van der Waals surface area contributed by atoms with Gasteiger partial charge in [-0.15, -0.1) is 0 Å². The first-order valence-corrected chi connectivity index (χ1v) is 7.95. The number of hydrogen-bond acceptors (Lipinski definition) is 5. The van der Waals surface area contributed by atoms with E-state index >= 15 is 0 Å². The van der Waals surface area contributed by atoms with Gasteiger partial charge < -0.3 is 4.74 Å². The molecule has 0 unspecified atom stereocenters. The summed E-state index contributed by atoms with van der Waals surface area (Å²) in [5, 5.41) is 4.19. The van der Waals surface area contributed by atoms with Crippen LogP contribution < -0.4 is 5.56 Å². The van der Waals surface area contributed by atoms with Crippen molar-refractivity contribution in [1.82, 2.24) is 19.2 Å². The van der Waals surface area contributed by atoms with Crippen LogP contribution in [0.1, 0.15) is 15.9 Å². The molecule has 0 N–H and O–H groups in total. The van der Waals surface area contributed by atoms with E-state index < -0.39 is 23.3 Å². The molecule has 0 aliphatic carbocycles. The second-order valence-electron chi connectivity index (χ2n) is 5.88. The standard InChI is InChI=1S/C18H11F3N4O3/c1-28-17(27)13-9-23-25-14-5-6-24(16(26)12(14)8-22-15(13)25)11-4-2-3-10(7-11)18(19,20)21/h2-9H,1H3. The lowest BCUT2D eigenvalue weighted by Gasteiger charge is -2.11. The second-order valence-corrected chi connectivity index (χ2v) is 5.88. The van der Waals surface area contributed by atoms with E-state index in [1.54, 1.807) is 0 Å². The predicted molar refractivity (Wildman–Crippen MR) is 92.4 cm³/mol. The van der Waals surface area contributed by atoms with Crippen LogP contribution in [0, 0.1) is 0 Å². The minimum Gasteiger partial charge on any atom is -0.465 e. The summed E-state index contributed by atoms with van der Waals surface area (Å²) < 4.78 is 45.9. The van der Waals surface area contributed by atoms with E-state index in [0.29, 0.717) is 5.52 Å². The number of rotatable bonds is 2. The Morgan fingerprint density at radius 1 is 1.18 bits per heavy atom. The maximum absolute atomic E-state index is 13.0. The first kappa shape index (κ1) is 17.7. The van der Waals surface area contributed by atoms with Crippen molar-refractivity contribution in [2.75, 3.05) is 7.11 Å². The molecule has 0 saturated carbocycles. The van der Waals surface area contributed by atoms with Gasteiger partial charge in [0.25, 0.3) is 5.56 Å². The molecule has 0 saturated heterocycles. The molecule has 0 aliphatic heterocycles. The monoisotopic (exact) mass is 388 g/mol. The number of carbonyl (C=O) groups is 1. The number of alkyl halides is 3. The molecule has 0 spiro atoms. The topological polar surface area (TPSA) is 78.5 Å². The van der Waals surface area contributed by atoms with E-state index in [4.69, 9.17) is 0 Å². The van der Waals surface area contributed by atoms with E-state index in [9.17, 15) is 22.8 Å². The van der Waals surface area contributed by atoms with Crippen molar-refractivity contribution in [3.63, 3.8) is 0 Å². The van der Waals surface area contributed by atoms with Crippen molar-refractivity contribution in [3.8, 4) is 5.69 Å². The lowest BCUT2D eigenvalue weighted by Crippen LogP contribution is -2.19. The Labute approximate surface area is 154 Å². The molecule has 3 aromatic heterocycles. The van der Waals surface area contributed by atoms with E-state index in [0.717, 1.165) is 16.7 Å². The minimum absolute atomic E-state index is 0.0672. The van der Waals surface area contributed by atoms with E-state index in [1.165, 1.54) is 48.4 Å². The molecule has 28 heavy (non-hydrogen) atoms. The number of pyridine rings is 1. The Morgan fingerprint density at radius 3 is 2.68 bits per heavy atom. The SMILES string of the molecule is COC(=O)c1cnn2c1ncc1c(=O)n(-c3cccc(C(F)(F)F)c3)ccc12. The lowest BCUT2D eigenvalue weighted by atomic mass is 10.2. The highest BCUT2D eigenvalue weighted by Gasteiger charge is 2.30. The summed E-state index contributed by atoms with van der Waals surface area (Å²) >= 11 is 0. The molecule has 4 rings (SSSR count). The van der Waals surface area contributed by atoms with Crippen LogP contribution in [0.25, 0.3) is 22.2 Å². The van der Waals surface area contributed by atoms with Gasteiger partial charge in [0.15, 0.2) is 5.65 Å². The van der Waals surface area contributed by atoms with Crippen LogP contribution in [0.5, 0.6) is 0 Å². The van der Waals surface area contributed by atoms with Gasteiger partial charge in [-0.05, 0) is 24.3 Å². The number of ether oxygens (including phenoxy) is 1. The molecule has 4 aromatic rings. The summed E-state index contributed by atoms with van der Waals surface area (Å²) in [5.74, 6) is -0.626. The summed E-state index contributed by atoms with van der Waals surface area (Å²) in [6.45, 7) is 0. The number of hydrogen-bond donors (Lipinski definition) is 0. The molecule has 10 heteroatoms. The molecule has 3 heterocycles. The van der Waals surface area contributed by atoms with Crippen LogP contribution in [-0.2, 0) is 10.9 Å². The van der Waals surface area contributed by atoms with Gasteiger partial charge in [-0.3, -0.25) is 9.36 Å². The number of carbonyl (C=O) groups excluding carboxylic acids is 1. The van der Waals surface area contributed by atoms with Crippen molar-refractivity contribution in [3.05, 3.63) is 70.4 Å². The fourth-order valence-corrected chi connectivity index (χ4v) is 2.91. The first-order valence-electron chi connectivity index (χ1n) is 7.95. The molecule has 0 amide bonds. The Hall–Kier alpha value is -3.69. The van der Waals surface area contributed by atoms with Crippen LogP contribution in [0.4, 0.5) is 13.2 Å². The Bertz CT molecular complexity index is 1290. The number of nitrogens with zero attached hydrogens (tertiary/aromatic N) is 4. The van der Waals surface area contributed by atoms with Crippen LogP contribution in [0.15, 0.2) is 53.7 Å². The molecule has 0 atom stereocenters. The third-order valence-electron chi connectivity index (χ3n) is 4.25. The number of benzene rings is 1. The Kier molecular flexibility index (Phi) is 3.91. The molecular formula is C18H11F3N4O3. The van der Waals surface area contributed by atoms with Gasteiger partial charge in [0.05, 0.1) is 29.8 Å². The molecule has 0 fully saturated rings. The smallest absolute Gasteiger partial charge is 0.416 e. The largest absolute Gasteiger partial charge is 0.465 e. The maximum Gasteiger partial charge on any atom is 0.416 e. The lowest BCUT2D eigenvalue weighted by molar-refractivity contribution is -0.137. The van der Waals surface area contributed by atoms with Crippen LogP contribution in [0.2, 0.25) is 0 Å². The number of methoxy groups -OCH3 is 1. The zero-order valence-corrected chi connectivity index (χ0v) is 14.3. The van der Waals surface area contributed by atoms with Gasteiger partial charge in [-0.1, -0.05) is 6.07 Å². The highest BCUT2D eigenvalue weighted by Crippen LogP contribution is 2.30. The summed E-state index contributed by atoms with van der Waals surface area (Å²) in [6, 6.07) is 5.96. The molecular weight excluding hydrogens is 377 g/mol. The second kappa shape index (κ2) is 6.19. The Balaban J connectivity index is 1.92.